The van der Waals surface area contributed by atoms with Crippen LogP contribution in [0.5, 0.6) is 5.88 Å². The highest BCUT2D eigenvalue weighted by Crippen LogP contribution is 2.27. The average Bonchev–Trinajstić information content (AvgIpc) is 3.32. The Bertz CT molecular complexity index is 1880. The summed E-state index contributed by atoms with van der Waals surface area (Å²) < 4.78 is 22.5. The molecule has 10 heteroatoms. The molecule has 5 aromatic rings. The number of rotatable bonds is 6. The molecule has 0 bridgehead atoms. The van der Waals surface area contributed by atoms with E-state index in [0.717, 1.165) is 13.1 Å². The van der Waals surface area contributed by atoms with Gasteiger partial charge in [-0.1, -0.05) is 72.8 Å². The summed E-state index contributed by atoms with van der Waals surface area (Å²) in [6, 6.07) is 26.6. The van der Waals surface area contributed by atoms with Crippen LogP contribution in [0.3, 0.4) is 0 Å². The van der Waals surface area contributed by atoms with Crippen molar-refractivity contribution in [2.24, 2.45) is 4.99 Å². The number of likely N-dealkylation sites (tertiary alicyclic amines) is 1. The number of benzene rings is 3. The number of aliphatic imine (C=N–C) groups is 1. The molecule has 2 aromatic heterocycles. The Kier molecular flexibility index (Phi) is 6.75. The first kappa shape index (κ1) is 26.7. The molecule has 1 amide bonds. The van der Waals surface area contributed by atoms with Crippen molar-refractivity contribution in [2.75, 3.05) is 20.1 Å². The van der Waals surface area contributed by atoms with Crippen molar-refractivity contribution in [3.63, 3.8) is 0 Å². The first-order valence-electron chi connectivity index (χ1n) is 14.0. The number of hydrogen-bond acceptors (Lipinski definition) is 7. The van der Waals surface area contributed by atoms with E-state index in [1.807, 2.05) is 67.7 Å². The maximum absolute atomic E-state index is 15.0. The summed E-state index contributed by atoms with van der Waals surface area (Å²) in [5.41, 5.74) is 3.56. The minimum absolute atomic E-state index is 0.000671. The van der Waals surface area contributed by atoms with Gasteiger partial charge in [-0.3, -0.25) is 19.5 Å². The smallest absolute Gasteiger partial charge is 0.274 e. The number of aromatic nitrogens is 3. The van der Waals surface area contributed by atoms with E-state index in [1.54, 1.807) is 24.3 Å². The van der Waals surface area contributed by atoms with Gasteiger partial charge in [-0.15, -0.1) is 5.10 Å². The highest BCUT2D eigenvalue weighted by molar-refractivity contribution is 6.16. The second-order valence-corrected chi connectivity index (χ2v) is 10.7. The fraction of sp³-hybridized carbons (Fsp3) is 0.182. The predicted molar refractivity (Wildman–Crippen MR) is 159 cm³/mol. The number of imidazole rings is 1. The average molecular weight is 575 g/mol. The molecule has 1 saturated heterocycles. The highest BCUT2D eigenvalue weighted by Gasteiger charge is 2.32. The molecule has 9 nitrogen and oxygen atoms in total. The minimum atomic E-state index is -1.27. The van der Waals surface area contributed by atoms with E-state index in [4.69, 9.17) is 14.7 Å². The minimum Gasteiger partial charge on any atom is -0.471 e. The predicted octanol–water partition coefficient (Wildman–Crippen LogP) is 3.95. The summed E-state index contributed by atoms with van der Waals surface area (Å²) >= 11 is 0. The number of nitrogens with zero attached hydrogens (tertiary/aromatic N) is 5. The monoisotopic (exact) mass is 574 g/mol. The first-order valence-corrected chi connectivity index (χ1v) is 14.0. The number of ketones is 1. The standard InChI is InChI=1S/C33H27FN6O3/c1-39-18-22(19-39)43-28-16-15-27-35-30(21-11-6-3-7-12-21)31(40(27)38-28)33(42)37-32-26(41)17-24-23(13-8-14-25(24)34)29(36-32)20-9-4-2-5-10-20/h2-16,22,32H,17-19H2,1H3,(H,37,42)/t32-/m1/s1. The van der Waals surface area contributed by atoms with Gasteiger partial charge in [-0.05, 0) is 19.2 Å². The van der Waals surface area contributed by atoms with Gasteiger partial charge in [0.2, 0.25) is 5.88 Å². The Morgan fingerprint density at radius 2 is 1.65 bits per heavy atom. The summed E-state index contributed by atoms with van der Waals surface area (Å²) in [5.74, 6) is -1.17. The van der Waals surface area contributed by atoms with Crippen LogP contribution in [-0.4, -0.2) is 69.3 Å². The van der Waals surface area contributed by atoms with E-state index in [9.17, 15) is 14.0 Å². The van der Waals surface area contributed by atoms with E-state index in [1.165, 1.54) is 10.6 Å². The number of amides is 1. The zero-order valence-electron chi connectivity index (χ0n) is 23.3. The van der Waals surface area contributed by atoms with Crippen molar-refractivity contribution in [1.29, 1.82) is 0 Å². The molecule has 4 heterocycles. The van der Waals surface area contributed by atoms with E-state index in [2.05, 4.69) is 15.3 Å². The van der Waals surface area contributed by atoms with Gasteiger partial charge in [0.15, 0.2) is 23.3 Å². The highest BCUT2D eigenvalue weighted by atomic mass is 19.1. The molecule has 0 spiro atoms. The molecule has 2 aliphatic heterocycles. The van der Waals surface area contributed by atoms with Gasteiger partial charge < -0.3 is 10.1 Å². The van der Waals surface area contributed by atoms with Crippen LogP contribution in [0.4, 0.5) is 4.39 Å². The van der Waals surface area contributed by atoms with Crippen LogP contribution in [0.2, 0.25) is 0 Å². The maximum Gasteiger partial charge on any atom is 0.274 e. The van der Waals surface area contributed by atoms with Crippen molar-refractivity contribution < 1.29 is 18.7 Å². The third kappa shape index (κ3) is 5.06. The van der Waals surface area contributed by atoms with Gasteiger partial charge in [0, 0.05) is 47.8 Å². The van der Waals surface area contributed by atoms with Crippen LogP contribution in [0, 0.1) is 5.82 Å². The summed E-state index contributed by atoms with van der Waals surface area (Å²) in [4.78, 5) is 39.2. The molecular formula is C33H27FN6O3. The van der Waals surface area contributed by atoms with Crippen LogP contribution in [0.15, 0.2) is 96.0 Å². The van der Waals surface area contributed by atoms with Gasteiger partial charge in [-0.25, -0.2) is 13.9 Å². The molecule has 0 saturated carbocycles. The van der Waals surface area contributed by atoms with E-state index >= 15 is 0 Å². The number of halogens is 1. The summed E-state index contributed by atoms with van der Waals surface area (Å²) in [6.45, 7) is 1.56. The van der Waals surface area contributed by atoms with Crippen molar-refractivity contribution in [3.05, 3.63) is 119 Å². The maximum atomic E-state index is 15.0. The normalized spacial score (nSPS) is 17.1. The lowest BCUT2D eigenvalue weighted by Crippen LogP contribution is -2.51. The van der Waals surface area contributed by atoms with Crippen molar-refractivity contribution in [3.8, 4) is 17.1 Å². The number of fused-ring (bicyclic) bond motifs is 2. The van der Waals surface area contributed by atoms with E-state index in [0.29, 0.717) is 39.6 Å². The van der Waals surface area contributed by atoms with Crippen LogP contribution in [0.1, 0.15) is 27.2 Å². The lowest BCUT2D eigenvalue weighted by atomic mass is 9.95. The number of carbonyl (C=O) groups excluding carboxylic acids is 2. The fourth-order valence-corrected chi connectivity index (χ4v) is 5.50. The number of likely N-dealkylation sites (N-methyl/N-ethyl adjacent to an activating group) is 1. The number of nitrogens with one attached hydrogen (secondary N) is 1. The Balaban J connectivity index is 1.30. The molecule has 7 rings (SSSR count). The number of carbonyl (C=O) groups is 2. The topological polar surface area (TPSA) is 101 Å². The van der Waals surface area contributed by atoms with Crippen LogP contribution in [-0.2, 0) is 11.2 Å². The summed E-state index contributed by atoms with van der Waals surface area (Å²) in [6.07, 6.45) is -1.49. The Morgan fingerprint density at radius 1 is 0.930 bits per heavy atom. The molecular weight excluding hydrogens is 547 g/mol. The molecule has 1 atom stereocenters. The van der Waals surface area contributed by atoms with Gasteiger partial charge >= 0.3 is 0 Å². The van der Waals surface area contributed by atoms with E-state index < -0.39 is 23.7 Å². The zero-order valence-corrected chi connectivity index (χ0v) is 23.3. The zero-order chi connectivity index (χ0) is 29.5. The second-order valence-electron chi connectivity index (χ2n) is 10.7. The number of Topliss-reactive ketones (excluding diaryl/α,β-unsaturated/α-hetero) is 1. The number of hydrogen-bond donors (Lipinski definition) is 1. The fourth-order valence-electron chi connectivity index (χ4n) is 5.50. The summed E-state index contributed by atoms with van der Waals surface area (Å²) in [7, 11) is 2.01. The molecule has 43 heavy (non-hydrogen) atoms. The first-order chi connectivity index (χ1) is 20.9. The van der Waals surface area contributed by atoms with Crippen LogP contribution < -0.4 is 10.1 Å². The lowest BCUT2D eigenvalue weighted by molar-refractivity contribution is -0.120. The quantitative estimate of drug-likeness (QED) is 0.330. The van der Waals surface area contributed by atoms with Crippen molar-refractivity contribution in [2.45, 2.75) is 18.7 Å². The molecule has 0 unspecified atom stereocenters. The van der Waals surface area contributed by atoms with Crippen LogP contribution >= 0.6 is 0 Å². The van der Waals surface area contributed by atoms with Crippen LogP contribution in [0.25, 0.3) is 16.9 Å². The van der Waals surface area contributed by atoms with Crippen molar-refractivity contribution in [1.82, 2.24) is 24.8 Å². The third-order valence-corrected chi connectivity index (χ3v) is 7.64. The largest absolute Gasteiger partial charge is 0.471 e. The lowest BCUT2D eigenvalue weighted by Gasteiger charge is -2.35. The molecule has 0 aliphatic carbocycles. The number of ether oxygens (including phenoxy) is 1. The molecule has 1 fully saturated rings. The third-order valence-electron chi connectivity index (χ3n) is 7.64. The Morgan fingerprint density at radius 3 is 2.37 bits per heavy atom. The molecule has 1 N–H and O–H groups in total. The van der Waals surface area contributed by atoms with Gasteiger partial charge in [0.05, 0.1) is 5.71 Å². The second kappa shape index (κ2) is 10.9. The molecule has 3 aromatic carbocycles. The SMILES string of the molecule is CN1CC(Oc2ccc3nc(-c4ccccc4)c(C(=O)N[C@H]4N=C(c5ccccc5)c5cccc(F)c5CC4=O)n3n2)C1. The van der Waals surface area contributed by atoms with E-state index in [-0.39, 0.29) is 23.8 Å². The van der Waals surface area contributed by atoms with Crippen molar-refractivity contribution >= 4 is 23.0 Å². The Labute approximate surface area is 246 Å². The summed E-state index contributed by atoms with van der Waals surface area (Å²) in [5, 5.41) is 7.42. The molecule has 2 aliphatic rings. The van der Waals surface area contributed by atoms with Gasteiger partial charge in [0.1, 0.15) is 17.6 Å². The molecule has 0 radical (unpaired) electrons. The Hall–Kier alpha value is -5.22. The molecule has 214 valence electrons. The van der Waals surface area contributed by atoms with Gasteiger partial charge in [0.25, 0.3) is 5.91 Å². The van der Waals surface area contributed by atoms with Gasteiger partial charge in [-0.2, -0.15) is 0 Å².